The summed E-state index contributed by atoms with van der Waals surface area (Å²) in [5, 5.41) is 18.7. The van der Waals surface area contributed by atoms with Gasteiger partial charge < -0.3 is 30.1 Å². The first-order valence-electron chi connectivity index (χ1n) is 10.8. The van der Waals surface area contributed by atoms with Gasteiger partial charge in [0.25, 0.3) is 0 Å². The standard InChI is InChI=1S/C23H29N3O6S/c1-3-4-5-17(22(29)26(2)12-15-8-9-33-13-15)24-23(30)25-18(11-21(27)28)16-6-7-19-20(10-16)32-14-31-19/h6-10,13,17-18H,3-5,11-12,14H2,1-2H3,(H,27,28)(H2,24,25,30)/t17-,18-/m0/s1. The third kappa shape index (κ3) is 6.85. The van der Waals surface area contributed by atoms with Crippen molar-refractivity contribution in [2.45, 2.75) is 51.2 Å². The summed E-state index contributed by atoms with van der Waals surface area (Å²) in [4.78, 5) is 38.9. The zero-order chi connectivity index (χ0) is 23.8. The van der Waals surface area contributed by atoms with Crippen molar-refractivity contribution in [3.05, 3.63) is 46.2 Å². The normalized spacial score (nSPS) is 13.8. The molecule has 2 heterocycles. The van der Waals surface area contributed by atoms with Gasteiger partial charge in [0.05, 0.1) is 12.5 Å². The number of hydrogen-bond donors (Lipinski definition) is 3. The number of rotatable bonds is 11. The van der Waals surface area contributed by atoms with Crippen molar-refractivity contribution in [2.75, 3.05) is 13.8 Å². The summed E-state index contributed by atoms with van der Waals surface area (Å²) in [5.74, 6) is -0.193. The van der Waals surface area contributed by atoms with Gasteiger partial charge in [0.15, 0.2) is 11.5 Å². The molecule has 3 amide bonds. The Hall–Kier alpha value is -3.27. The number of thiophene rings is 1. The molecule has 0 spiro atoms. The summed E-state index contributed by atoms with van der Waals surface area (Å²) in [6.45, 7) is 2.56. The Morgan fingerprint density at radius 3 is 2.67 bits per heavy atom. The smallest absolute Gasteiger partial charge is 0.315 e. The van der Waals surface area contributed by atoms with Gasteiger partial charge in [-0.3, -0.25) is 9.59 Å². The molecule has 3 rings (SSSR count). The minimum absolute atomic E-state index is 0.0937. The third-order valence-electron chi connectivity index (χ3n) is 5.31. The molecular weight excluding hydrogens is 446 g/mol. The van der Waals surface area contributed by atoms with Crippen LogP contribution in [0.1, 0.15) is 49.8 Å². The van der Waals surface area contributed by atoms with Gasteiger partial charge in [0.2, 0.25) is 12.7 Å². The Morgan fingerprint density at radius 1 is 1.18 bits per heavy atom. The number of unbranched alkanes of at least 4 members (excludes halogenated alkanes) is 1. The molecule has 1 aromatic carbocycles. The van der Waals surface area contributed by atoms with Gasteiger partial charge >= 0.3 is 12.0 Å². The van der Waals surface area contributed by atoms with Gasteiger partial charge in [-0.2, -0.15) is 11.3 Å². The summed E-state index contributed by atoms with van der Waals surface area (Å²) in [7, 11) is 1.71. The van der Waals surface area contributed by atoms with Crippen molar-refractivity contribution in [1.82, 2.24) is 15.5 Å². The summed E-state index contributed by atoms with van der Waals surface area (Å²) < 4.78 is 10.7. The fraction of sp³-hybridized carbons (Fsp3) is 0.435. The molecule has 1 aliphatic rings. The van der Waals surface area contributed by atoms with Crippen LogP contribution < -0.4 is 20.1 Å². The Balaban J connectivity index is 1.68. The molecule has 0 saturated carbocycles. The zero-order valence-electron chi connectivity index (χ0n) is 18.7. The average molecular weight is 476 g/mol. The lowest BCUT2D eigenvalue weighted by atomic mass is 10.0. The maximum absolute atomic E-state index is 13.0. The second-order valence-electron chi connectivity index (χ2n) is 7.90. The number of ether oxygens (including phenoxy) is 2. The number of nitrogens with zero attached hydrogens (tertiary/aromatic N) is 1. The van der Waals surface area contributed by atoms with E-state index in [9.17, 15) is 19.5 Å². The number of amides is 3. The molecule has 9 nitrogen and oxygen atoms in total. The van der Waals surface area contributed by atoms with Crippen molar-refractivity contribution < 1.29 is 29.0 Å². The van der Waals surface area contributed by atoms with E-state index in [1.807, 2.05) is 23.8 Å². The summed E-state index contributed by atoms with van der Waals surface area (Å²) in [6, 6.07) is 4.87. The molecule has 0 unspecified atom stereocenters. The highest BCUT2D eigenvalue weighted by Crippen LogP contribution is 2.34. The fourth-order valence-corrected chi connectivity index (χ4v) is 4.24. The van der Waals surface area contributed by atoms with E-state index in [0.29, 0.717) is 30.0 Å². The largest absolute Gasteiger partial charge is 0.481 e. The first-order valence-corrected chi connectivity index (χ1v) is 11.8. The molecule has 2 aromatic rings. The molecule has 33 heavy (non-hydrogen) atoms. The van der Waals surface area contributed by atoms with Crippen LogP contribution in [0, 0.1) is 0 Å². The summed E-state index contributed by atoms with van der Waals surface area (Å²) in [5.41, 5.74) is 1.60. The predicted molar refractivity (Wildman–Crippen MR) is 123 cm³/mol. The zero-order valence-corrected chi connectivity index (χ0v) is 19.5. The number of aliphatic carboxylic acids is 1. The minimum atomic E-state index is -1.06. The summed E-state index contributed by atoms with van der Waals surface area (Å²) >= 11 is 1.56. The van der Waals surface area contributed by atoms with Gasteiger partial charge in [0, 0.05) is 13.6 Å². The number of carboxylic acid groups (broad SMARTS) is 1. The van der Waals surface area contributed by atoms with Crippen molar-refractivity contribution in [3.63, 3.8) is 0 Å². The van der Waals surface area contributed by atoms with E-state index >= 15 is 0 Å². The van der Waals surface area contributed by atoms with E-state index in [-0.39, 0.29) is 19.1 Å². The minimum Gasteiger partial charge on any atom is -0.481 e. The number of likely N-dealkylation sites (N-methyl/N-ethyl adjacent to an activating group) is 1. The molecule has 3 N–H and O–H groups in total. The molecule has 0 bridgehead atoms. The van der Waals surface area contributed by atoms with Gasteiger partial charge in [-0.15, -0.1) is 0 Å². The van der Waals surface area contributed by atoms with E-state index in [4.69, 9.17) is 9.47 Å². The maximum Gasteiger partial charge on any atom is 0.315 e. The van der Waals surface area contributed by atoms with Gasteiger partial charge in [-0.1, -0.05) is 25.8 Å². The fourth-order valence-electron chi connectivity index (χ4n) is 3.58. The van der Waals surface area contributed by atoms with Crippen molar-refractivity contribution in [1.29, 1.82) is 0 Å². The highest BCUT2D eigenvalue weighted by Gasteiger charge is 2.26. The molecule has 0 radical (unpaired) electrons. The Bertz CT molecular complexity index is 965. The van der Waals surface area contributed by atoms with E-state index in [0.717, 1.165) is 18.4 Å². The molecule has 0 saturated heterocycles. The van der Waals surface area contributed by atoms with E-state index in [2.05, 4.69) is 10.6 Å². The number of carboxylic acids is 1. The van der Waals surface area contributed by atoms with Crippen LogP contribution in [0.3, 0.4) is 0 Å². The van der Waals surface area contributed by atoms with Crippen molar-refractivity contribution in [3.8, 4) is 11.5 Å². The SMILES string of the molecule is CCCC[C@H](NC(=O)N[C@@H](CC(=O)O)c1ccc2c(c1)OCO2)C(=O)N(C)Cc1ccsc1. The van der Waals surface area contributed by atoms with Gasteiger partial charge in [-0.25, -0.2) is 4.79 Å². The van der Waals surface area contributed by atoms with E-state index in [1.165, 1.54) is 0 Å². The summed E-state index contributed by atoms with van der Waals surface area (Å²) in [6.07, 6.45) is 1.81. The lowest BCUT2D eigenvalue weighted by Crippen LogP contribution is -2.51. The molecule has 0 aliphatic carbocycles. The van der Waals surface area contributed by atoms with Crippen LogP contribution in [0.15, 0.2) is 35.0 Å². The number of urea groups is 1. The molecule has 2 atom stereocenters. The lowest BCUT2D eigenvalue weighted by molar-refractivity contribution is -0.137. The topological polar surface area (TPSA) is 117 Å². The van der Waals surface area contributed by atoms with Gasteiger partial charge in [-0.05, 0) is 46.5 Å². The van der Waals surface area contributed by atoms with Crippen LogP contribution in [-0.4, -0.2) is 47.8 Å². The number of carbonyl (C=O) groups excluding carboxylic acids is 2. The van der Waals surface area contributed by atoms with Crippen LogP contribution in [0.25, 0.3) is 0 Å². The van der Waals surface area contributed by atoms with Crippen LogP contribution >= 0.6 is 11.3 Å². The number of carbonyl (C=O) groups is 3. The second-order valence-corrected chi connectivity index (χ2v) is 8.68. The molecule has 1 aliphatic heterocycles. The predicted octanol–water partition coefficient (Wildman–Crippen LogP) is 3.51. The van der Waals surface area contributed by atoms with Gasteiger partial charge in [0.1, 0.15) is 6.04 Å². The molecule has 0 fully saturated rings. The monoisotopic (exact) mass is 475 g/mol. The third-order valence-corrected chi connectivity index (χ3v) is 6.04. The molecule has 1 aromatic heterocycles. The maximum atomic E-state index is 13.0. The van der Waals surface area contributed by atoms with Crippen LogP contribution in [0.5, 0.6) is 11.5 Å². The Morgan fingerprint density at radius 2 is 1.97 bits per heavy atom. The number of benzene rings is 1. The van der Waals surface area contributed by atoms with Crippen LogP contribution in [0.4, 0.5) is 4.79 Å². The quantitative estimate of drug-likeness (QED) is 0.458. The molecular formula is C23H29N3O6S. The highest BCUT2D eigenvalue weighted by atomic mass is 32.1. The molecule has 178 valence electrons. The van der Waals surface area contributed by atoms with Crippen molar-refractivity contribution >= 4 is 29.2 Å². The Labute approximate surface area is 196 Å². The second kappa shape index (κ2) is 11.6. The number of fused-ring (bicyclic) bond motifs is 1. The lowest BCUT2D eigenvalue weighted by Gasteiger charge is -2.26. The average Bonchev–Trinajstić information content (AvgIpc) is 3.46. The van der Waals surface area contributed by atoms with E-state index in [1.54, 1.807) is 41.5 Å². The van der Waals surface area contributed by atoms with Crippen LogP contribution in [0.2, 0.25) is 0 Å². The Kier molecular flexibility index (Phi) is 8.53. The highest BCUT2D eigenvalue weighted by molar-refractivity contribution is 7.07. The van der Waals surface area contributed by atoms with Crippen LogP contribution in [-0.2, 0) is 16.1 Å². The van der Waals surface area contributed by atoms with E-state index < -0.39 is 24.1 Å². The van der Waals surface area contributed by atoms with Crippen molar-refractivity contribution in [2.24, 2.45) is 0 Å². The number of hydrogen-bond acceptors (Lipinski definition) is 6. The number of nitrogens with one attached hydrogen (secondary N) is 2. The first-order chi connectivity index (χ1) is 15.9. The first kappa shape index (κ1) is 24.4. The molecule has 10 heteroatoms.